The molecule has 104 valence electrons. The van der Waals surface area contributed by atoms with Crippen molar-refractivity contribution in [3.05, 3.63) is 53.3 Å². The Hall–Kier alpha value is -2.14. The molecule has 1 fully saturated rings. The van der Waals surface area contributed by atoms with E-state index in [1.54, 1.807) is 16.4 Å². The van der Waals surface area contributed by atoms with Crippen molar-refractivity contribution in [1.29, 1.82) is 0 Å². The Bertz CT molecular complexity index is 650. The fourth-order valence-corrected chi connectivity index (χ4v) is 3.09. The standard InChI is InChI=1S/C15H17N3O2/c1-9-5-3-4-6-11(9)13-12(14(13)15(19)17-20)10-7-16-18(2)8-10/h3-8,12-14,20H,1-2H3,(H,17,19)/t12?,13-,14?/m1/s1. The van der Waals surface area contributed by atoms with Gasteiger partial charge in [-0.2, -0.15) is 5.10 Å². The number of benzene rings is 1. The first kappa shape index (κ1) is 12.9. The molecule has 2 N–H and O–H groups in total. The van der Waals surface area contributed by atoms with Crippen LogP contribution in [0.1, 0.15) is 28.5 Å². The molecular weight excluding hydrogens is 254 g/mol. The van der Waals surface area contributed by atoms with Gasteiger partial charge in [0.05, 0.1) is 12.1 Å². The third-order valence-electron chi connectivity index (χ3n) is 4.09. The van der Waals surface area contributed by atoms with E-state index in [-0.39, 0.29) is 23.7 Å². The molecule has 3 atom stereocenters. The second-order valence-electron chi connectivity index (χ2n) is 5.36. The quantitative estimate of drug-likeness (QED) is 0.660. The number of carbonyl (C=O) groups is 1. The number of hydroxylamine groups is 1. The van der Waals surface area contributed by atoms with E-state index in [0.717, 1.165) is 11.1 Å². The van der Waals surface area contributed by atoms with Crippen molar-refractivity contribution in [1.82, 2.24) is 15.3 Å². The molecule has 0 aliphatic heterocycles. The van der Waals surface area contributed by atoms with Crippen LogP contribution in [0.4, 0.5) is 0 Å². The Morgan fingerprint density at radius 3 is 2.70 bits per heavy atom. The van der Waals surface area contributed by atoms with Crippen molar-refractivity contribution in [2.75, 3.05) is 0 Å². The largest absolute Gasteiger partial charge is 0.289 e. The molecule has 1 heterocycles. The van der Waals surface area contributed by atoms with E-state index < -0.39 is 0 Å². The van der Waals surface area contributed by atoms with Crippen molar-refractivity contribution in [2.24, 2.45) is 13.0 Å². The number of hydrogen-bond acceptors (Lipinski definition) is 3. The van der Waals surface area contributed by atoms with Gasteiger partial charge in [0.25, 0.3) is 0 Å². The molecule has 20 heavy (non-hydrogen) atoms. The highest BCUT2D eigenvalue weighted by Gasteiger charge is 2.56. The fourth-order valence-electron chi connectivity index (χ4n) is 3.09. The normalized spacial score (nSPS) is 24.4. The van der Waals surface area contributed by atoms with Crippen LogP contribution in [-0.2, 0) is 11.8 Å². The lowest BCUT2D eigenvalue weighted by molar-refractivity contribution is -0.130. The number of carbonyl (C=O) groups excluding carboxylic acids is 1. The highest BCUT2D eigenvalue weighted by Crippen LogP contribution is 2.60. The molecule has 1 aromatic carbocycles. The van der Waals surface area contributed by atoms with Crippen LogP contribution in [0.3, 0.4) is 0 Å². The van der Waals surface area contributed by atoms with Crippen LogP contribution in [0.15, 0.2) is 36.7 Å². The average Bonchev–Trinajstić information content (AvgIpc) is 3.04. The van der Waals surface area contributed by atoms with Gasteiger partial charge in [-0.15, -0.1) is 0 Å². The van der Waals surface area contributed by atoms with Gasteiger partial charge in [-0.3, -0.25) is 14.7 Å². The van der Waals surface area contributed by atoms with Crippen LogP contribution >= 0.6 is 0 Å². The summed E-state index contributed by atoms with van der Waals surface area (Å²) in [7, 11) is 1.86. The number of nitrogens with zero attached hydrogens (tertiary/aromatic N) is 2. The number of nitrogens with one attached hydrogen (secondary N) is 1. The topological polar surface area (TPSA) is 67.2 Å². The maximum Gasteiger partial charge on any atom is 0.247 e. The van der Waals surface area contributed by atoms with Crippen molar-refractivity contribution in [3.63, 3.8) is 0 Å². The third kappa shape index (κ3) is 2.00. The van der Waals surface area contributed by atoms with Crippen LogP contribution in [0.2, 0.25) is 0 Å². The Kier molecular flexibility index (Phi) is 3.06. The van der Waals surface area contributed by atoms with Gasteiger partial charge >= 0.3 is 0 Å². The molecule has 0 bridgehead atoms. The molecule has 1 aromatic heterocycles. The van der Waals surface area contributed by atoms with Gasteiger partial charge in [0.1, 0.15) is 0 Å². The van der Waals surface area contributed by atoms with E-state index in [0.29, 0.717) is 0 Å². The number of rotatable bonds is 3. The van der Waals surface area contributed by atoms with Gasteiger partial charge < -0.3 is 0 Å². The smallest absolute Gasteiger partial charge is 0.247 e. The molecule has 1 aliphatic rings. The molecule has 0 spiro atoms. The summed E-state index contributed by atoms with van der Waals surface area (Å²) in [6.45, 7) is 2.04. The molecule has 0 saturated heterocycles. The molecule has 2 unspecified atom stereocenters. The average molecular weight is 271 g/mol. The lowest BCUT2D eigenvalue weighted by atomic mass is 10.0. The molecule has 1 aliphatic carbocycles. The molecule has 5 heteroatoms. The van der Waals surface area contributed by atoms with Crippen molar-refractivity contribution < 1.29 is 10.0 Å². The predicted octanol–water partition coefficient (Wildman–Crippen LogP) is 1.73. The SMILES string of the molecule is Cc1ccccc1[C@H]1C(C(=O)NO)C1c1cnn(C)c1. The Balaban J connectivity index is 1.97. The zero-order valence-electron chi connectivity index (χ0n) is 11.4. The summed E-state index contributed by atoms with van der Waals surface area (Å²) < 4.78 is 1.73. The minimum atomic E-state index is -0.327. The van der Waals surface area contributed by atoms with Gasteiger partial charge in [0.15, 0.2) is 0 Å². The summed E-state index contributed by atoms with van der Waals surface area (Å²) in [5.41, 5.74) is 5.15. The molecule has 5 nitrogen and oxygen atoms in total. The minimum absolute atomic E-state index is 0.0805. The summed E-state index contributed by atoms with van der Waals surface area (Å²) in [5, 5.41) is 13.1. The summed E-state index contributed by atoms with van der Waals surface area (Å²) in [5.74, 6) is -0.373. The number of aryl methyl sites for hydroxylation is 2. The first-order chi connectivity index (χ1) is 9.63. The Morgan fingerprint density at radius 1 is 1.35 bits per heavy atom. The van der Waals surface area contributed by atoms with Crippen LogP contribution in [0.5, 0.6) is 0 Å². The van der Waals surface area contributed by atoms with Crippen LogP contribution in [-0.4, -0.2) is 20.9 Å². The van der Waals surface area contributed by atoms with E-state index in [9.17, 15) is 4.79 Å². The van der Waals surface area contributed by atoms with Gasteiger partial charge in [0.2, 0.25) is 5.91 Å². The Labute approximate surface area is 117 Å². The van der Waals surface area contributed by atoms with Crippen LogP contribution in [0.25, 0.3) is 0 Å². The third-order valence-corrected chi connectivity index (χ3v) is 4.09. The molecule has 2 aromatic rings. The monoisotopic (exact) mass is 271 g/mol. The van der Waals surface area contributed by atoms with E-state index in [1.807, 2.05) is 44.4 Å². The lowest BCUT2D eigenvalue weighted by Crippen LogP contribution is -2.21. The molecule has 0 radical (unpaired) electrons. The first-order valence-corrected chi connectivity index (χ1v) is 6.61. The van der Waals surface area contributed by atoms with Crippen molar-refractivity contribution >= 4 is 5.91 Å². The molecular formula is C15H17N3O2. The van der Waals surface area contributed by atoms with E-state index >= 15 is 0 Å². The summed E-state index contributed by atoms with van der Waals surface area (Å²) in [6.07, 6.45) is 3.72. The summed E-state index contributed by atoms with van der Waals surface area (Å²) in [6, 6.07) is 8.06. The van der Waals surface area contributed by atoms with E-state index in [1.165, 1.54) is 5.56 Å². The second-order valence-corrected chi connectivity index (χ2v) is 5.36. The minimum Gasteiger partial charge on any atom is -0.289 e. The maximum absolute atomic E-state index is 11.9. The molecule has 1 amide bonds. The van der Waals surface area contributed by atoms with Gasteiger partial charge in [0, 0.05) is 25.1 Å². The highest BCUT2D eigenvalue weighted by molar-refractivity contribution is 5.84. The van der Waals surface area contributed by atoms with E-state index in [4.69, 9.17) is 5.21 Å². The molecule has 3 rings (SSSR count). The predicted molar refractivity (Wildman–Crippen MR) is 73.3 cm³/mol. The zero-order valence-corrected chi connectivity index (χ0v) is 11.4. The van der Waals surface area contributed by atoms with Crippen LogP contribution < -0.4 is 5.48 Å². The van der Waals surface area contributed by atoms with E-state index in [2.05, 4.69) is 5.10 Å². The van der Waals surface area contributed by atoms with Crippen molar-refractivity contribution in [2.45, 2.75) is 18.8 Å². The van der Waals surface area contributed by atoms with Crippen LogP contribution in [0, 0.1) is 12.8 Å². The maximum atomic E-state index is 11.9. The number of amides is 1. The second kappa shape index (κ2) is 4.76. The van der Waals surface area contributed by atoms with Gasteiger partial charge in [-0.05, 0) is 23.6 Å². The Morgan fingerprint density at radius 2 is 2.10 bits per heavy atom. The molecule has 1 saturated carbocycles. The summed E-state index contributed by atoms with van der Waals surface area (Å²) >= 11 is 0. The lowest BCUT2D eigenvalue weighted by Gasteiger charge is -2.04. The zero-order chi connectivity index (χ0) is 14.3. The highest BCUT2D eigenvalue weighted by atomic mass is 16.5. The fraction of sp³-hybridized carbons (Fsp3) is 0.333. The first-order valence-electron chi connectivity index (χ1n) is 6.61. The number of hydrogen-bond donors (Lipinski definition) is 2. The van der Waals surface area contributed by atoms with Gasteiger partial charge in [-0.1, -0.05) is 24.3 Å². The van der Waals surface area contributed by atoms with Crippen molar-refractivity contribution in [3.8, 4) is 0 Å². The van der Waals surface area contributed by atoms with Gasteiger partial charge in [-0.25, -0.2) is 5.48 Å². The number of aromatic nitrogens is 2. The summed E-state index contributed by atoms with van der Waals surface area (Å²) in [4.78, 5) is 11.9.